The molecule has 0 aromatic heterocycles. The molecule has 0 heterocycles. The number of Topliss-reactive ketones (excluding diaryl/α,β-unsaturated/α-hetero) is 1. The van der Waals surface area contributed by atoms with Gasteiger partial charge in [0.25, 0.3) is 0 Å². The van der Waals surface area contributed by atoms with Crippen molar-refractivity contribution in [1.29, 1.82) is 0 Å². The molecule has 21 heteroatoms. The summed E-state index contributed by atoms with van der Waals surface area (Å²) in [6, 6.07) is -2.57. The van der Waals surface area contributed by atoms with Gasteiger partial charge in [0.2, 0.25) is 29.5 Å². The lowest BCUT2D eigenvalue weighted by Gasteiger charge is -2.28. The number of carbonyl (C=O) groups is 9. The zero-order chi connectivity index (χ0) is 53.0. The number of aliphatic carboxylic acids is 3. The average molecular weight is 1030 g/mol. The van der Waals surface area contributed by atoms with Crippen molar-refractivity contribution >= 4 is 53.2 Å². The smallest absolute Gasteiger partial charge is 0.326 e. The molecular formula is C51H89N5O16. The van der Waals surface area contributed by atoms with E-state index in [0.717, 1.165) is 38.5 Å². The van der Waals surface area contributed by atoms with Gasteiger partial charge in [0.1, 0.15) is 25.3 Å². The van der Waals surface area contributed by atoms with Gasteiger partial charge in [-0.05, 0) is 64.2 Å². The van der Waals surface area contributed by atoms with Gasteiger partial charge in [0.05, 0.1) is 39.6 Å². The molecule has 0 spiro atoms. The predicted molar refractivity (Wildman–Crippen MR) is 267 cm³/mol. The van der Waals surface area contributed by atoms with Crippen LogP contribution in [0.4, 0.5) is 0 Å². The molecule has 2 unspecified atom stereocenters. The number of ketones is 1. The Bertz CT molecular complexity index is 1560. The van der Waals surface area contributed by atoms with Gasteiger partial charge in [-0.1, -0.05) is 89.9 Å². The van der Waals surface area contributed by atoms with Gasteiger partial charge in [-0.15, -0.1) is 0 Å². The number of carbonyl (C=O) groups excluding carboxylic acids is 6. The SMILES string of the molecule is CC(=O)COCCOCCNC(=O)COCCOCCNC(=O)C(CCC(=O)O)NC(=O)CCC(NC(=O)C1CCC(CNC(=O)CCCCCCCCCCCCCCCCCCC(=O)O)CC1)C(=O)O. The minimum absolute atomic E-state index is 0.0229. The largest absolute Gasteiger partial charge is 0.481 e. The minimum atomic E-state index is -1.36. The summed E-state index contributed by atoms with van der Waals surface area (Å²) in [5.74, 6) is -5.55. The van der Waals surface area contributed by atoms with E-state index in [4.69, 9.17) is 24.1 Å². The summed E-state index contributed by atoms with van der Waals surface area (Å²) in [7, 11) is 0. The first-order valence-corrected chi connectivity index (χ1v) is 26.6. The van der Waals surface area contributed by atoms with E-state index in [-0.39, 0.29) is 115 Å². The molecule has 0 saturated heterocycles. The van der Waals surface area contributed by atoms with Crippen LogP contribution >= 0.6 is 0 Å². The van der Waals surface area contributed by atoms with Gasteiger partial charge in [-0.25, -0.2) is 4.79 Å². The zero-order valence-corrected chi connectivity index (χ0v) is 43.1. The number of carboxylic acid groups (broad SMARTS) is 3. The summed E-state index contributed by atoms with van der Waals surface area (Å²) < 4.78 is 21.0. The van der Waals surface area contributed by atoms with Gasteiger partial charge in [-0.2, -0.15) is 0 Å². The first-order valence-electron chi connectivity index (χ1n) is 26.6. The third-order valence-electron chi connectivity index (χ3n) is 12.3. The van der Waals surface area contributed by atoms with Crippen molar-refractivity contribution in [3.05, 3.63) is 0 Å². The first-order chi connectivity index (χ1) is 34.7. The summed E-state index contributed by atoms with van der Waals surface area (Å²) in [5.41, 5.74) is 0. The van der Waals surface area contributed by atoms with Crippen molar-refractivity contribution in [2.45, 2.75) is 186 Å². The lowest BCUT2D eigenvalue weighted by Crippen LogP contribution is -2.48. The van der Waals surface area contributed by atoms with Crippen LogP contribution in [0.2, 0.25) is 0 Å². The van der Waals surface area contributed by atoms with E-state index >= 15 is 0 Å². The third-order valence-corrected chi connectivity index (χ3v) is 12.3. The molecule has 0 bridgehead atoms. The van der Waals surface area contributed by atoms with Gasteiger partial charge < -0.3 is 60.9 Å². The molecule has 5 amide bonds. The summed E-state index contributed by atoms with van der Waals surface area (Å²) in [6.45, 7) is 3.15. The normalized spacial score (nSPS) is 15.2. The number of ether oxygens (including phenoxy) is 4. The van der Waals surface area contributed by atoms with Crippen LogP contribution in [-0.4, -0.2) is 153 Å². The second-order valence-electron chi connectivity index (χ2n) is 18.7. The number of rotatable bonds is 48. The van der Waals surface area contributed by atoms with E-state index in [1.54, 1.807) is 0 Å². The molecule has 1 rings (SSSR count). The van der Waals surface area contributed by atoms with Gasteiger partial charge in [-0.3, -0.25) is 38.4 Å². The number of unbranched alkanes of at least 4 members (excludes halogenated alkanes) is 15. The highest BCUT2D eigenvalue weighted by atomic mass is 16.5. The average Bonchev–Trinajstić information content (AvgIpc) is 3.34. The zero-order valence-electron chi connectivity index (χ0n) is 43.1. The fourth-order valence-corrected chi connectivity index (χ4v) is 8.14. The van der Waals surface area contributed by atoms with Crippen LogP contribution in [0.15, 0.2) is 0 Å². The highest BCUT2D eigenvalue weighted by Crippen LogP contribution is 2.29. The molecule has 1 fully saturated rings. The number of hydrogen-bond acceptors (Lipinski definition) is 13. The topological polar surface area (TPSA) is 311 Å². The highest BCUT2D eigenvalue weighted by Gasteiger charge is 2.30. The third kappa shape index (κ3) is 38.9. The molecule has 21 nitrogen and oxygen atoms in total. The van der Waals surface area contributed by atoms with Crippen LogP contribution in [0.5, 0.6) is 0 Å². The Labute approximate surface area is 426 Å². The van der Waals surface area contributed by atoms with E-state index in [1.807, 2.05) is 0 Å². The molecule has 0 aliphatic heterocycles. The maximum Gasteiger partial charge on any atom is 0.326 e. The molecule has 0 radical (unpaired) electrons. The number of hydrogen-bond donors (Lipinski definition) is 8. The molecule has 0 aromatic carbocycles. The second kappa shape index (κ2) is 43.8. The van der Waals surface area contributed by atoms with Crippen molar-refractivity contribution in [3.63, 3.8) is 0 Å². The van der Waals surface area contributed by atoms with E-state index in [9.17, 15) is 53.4 Å². The van der Waals surface area contributed by atoms with Crippen molar-refractivity contribution in [1.82, 2.24) is 26.6 Å². The van der Waals surface area contributed by atoms with Crippen LogP contribution < -0.4 is 26.6 Å². The Balaban J connectivity index is 2.20. The molecule has 0 aromatic rings. The molecule has 414 valence electrons. The summed E-state index contributed by atoms with van der Waals surface area (Å²) in [5, 5.41) is 41.0. The van der Waals surface area contributed by atoms with E-state index in [1.165, 1.54) is 71.1 Å². The number of amides is 5. The summed E-state index contributed by atoms with van der Waals surface area (Å²) in [6.07, 6.45) is 20.5. The van der Waals surface area contributed by atoms with Crippen LogP contribution in [0.25, 0.3) is 0 Å². The number of nitrogens with one attached hydrogen (secondary N) is 5. The van der Waals surface area contributed by atoms with Crippen molar-refractivity contribution in [2.75, 3.05) is 72.5 Å². The quantitative estimate of drug-likeness (QED) is 0.0386. The van der Waals surface area contributed by atoms with Gasteiger partial charge in [0.15, 0.2) is 5.78 Å². The Kier molecular flexibility index (Phi) is 39.7. The lowest BCUT2D eigenvalue weighted by atomic mass is 9.81. The molecule has 8 N–H and O–H groups in total. The van der Waals surface area contributed by atoms with Gasteiger partial charge in [0, 0.05) is 51.2 Å². The van der Waals surface area contributed by atoms with Crippen molar-refractivity contribution in [2.24, 2.45) is 11.8 Å². The summed E-state index contributed by atoms with van der Waals surface area (Å²) in [4.78, 5) is 108. The van der Waals surface area contributed by atoms with Gasteiger partial charge >= 0.3 is 17.9 Å². The monoisotopic (exact) mass is 1030 g/mol. The fourth-order valence-electron chi connectivity index (χ4n) is 8.14. The maximum atomic E-state index is 13.1. The Morgan fingerprint density at radius 1 is 0.458 bits per heavy atom. The predicted octanol–water partition coefficient (Wildman–Crippen LogP) is 4.60. The molecule has 1 aliphatic rings. The first kappa shape index (κ1) is 65.3. The highest BCUT2D eigenvalue weighted by molar-refractivity contribution is 5.89. The van der Waals surface area contributed by atoms with Crippen LogP contribution in [0, 0.1) is 11.8 Å². The Morgan fingerprint density at radius 2 is 0.931 bits per heavy atom. The van der Waals surface area contributed by atoms with E-state index in [0.29, 0.717) is 38.6 Å². The van der Waals surface area contributed by atoms with Crippen LogP contribution in [0.3, 0.4) is 0 Å². The molecule has 1 saturated carbocycles. The second-order valence-corrected chi connectivity index (χ2v) is 18.7. The molecule has 72 heavy (non-hydrogen) atoms. The Hall–Kier alpha value is -4.73. The van der Waals surface area contributed by atoms with E-state index in [2.05, 4.69) is 26.6 Å². The minimum Gasteiger partial charge on any atom is -0.481 e. The number of carboxylic acids is 3. The lowest BCUT2D eigenvalue weighted by molar-refractivity contribution is -0.143. The van der Waals surface area contributed by atoms with Crippen molar-refractivity contribution in [3.8, 4) is 0 Å². The summed E-state index contributed by atoms with van der Waals surface area (Å²) >= 11 is 0. The maximum absolute atomic E-state index is 13.1. The molecule has 1 aliphatic carbocycles. The van der Waals surface area contributed by atoms with Crippen molar-refractivity contribution < 1.29 is 77.4 Å². The fraction of sp³-hybridized carbons (Fsp3) is 0.824. The standard InChI is InChI=1S/C51H89N5O16/c1-39(57)37-71-34-32-69-30-28-52-46(60)38-72-35-33-70-31-29-53-50(66)42(25-27-48(63)64)55-45(59)26-24-43(51(67)68)56-49(65)41-22-20-40(21-23-41)36-54-44(58)18-16-14-12-10-8-6-4-2-3-5-7-9-11-13-15-17-19-47(61)62/h40-43H,2-38H2,1H3,(H,52,60)(H,53,66)(H,54,58)(H,55,59)(H,56,65)(H,61,62)(H,63,64)(H,67,68). The molecule has 2 atom stereocenters. The molecular weight excluding hydrogens is 939 g/mol. The van der Waals surface area contributed by atoms with E-state index < -0.39 is 60.1 Å². The van der Waals surface area contributed by atoms with Crippen LogP contribution in [-0.2, 0) is 62.1 Å². The Morgan fingerprint density at radius 3 is 1.44 bits per heavy atom. The van der Waals surface area contributed by atoms with Crippen LogP contribution in [0.1, 0.15) is 174 Å².